The fourth-order valence-corrected chi connectivity index (χ4v) is 1.80. The van der Waals surface area contributed by atoms with Crippen molar-refractivity contribution in [3.8, 4) is 0 Å². The second kappa shape index (κ2) is 9.44. The van der Waals surface area contributed by atoms with Crippen LogP contribution in [0.5, 0.6) is 0 Å². The summed E-state index contributed by atoms with van der Waals surface area (Å²) in [6.45, 7) is 3.50. The molecule has 110 valence electrons. The zero-order valence-electron chi connectivity index (χ0n) is 11.8. The summed E-state index contributed by atoms with van der Waals surface area (Å²) in [5.74, 6) is -0.353. The van der Waals surface area contributed by atoms with Crippen molar-refractivity contribution in [1.82, 2.24) is 0 Å². The molecule has 1 aromatic carbocycles. The minimum Gasteiger partial charge on any atom is -0.460 e. The third-order valence-corrected chi connectivity index (χ3v) is 2.79. The molecule has 0 fully saturated rings. The second-order valence-electron chi connectivity index (χ2n) is 4.45. The number of thiocarbonyl (C=S) groups is 1. The van der Waals surface area contributed by atoms with Crippen molar-refractivity contribution in [2.45, 2.75) is 26.2 Å². The molecule has 0 amide bonds. The molecule has 0 saturated carbocycles. The highest BCUT2D eigenvalue weighted by molar-refractivity contribution is 7.80. The van der Waals surface area contributed by atoms with E-state index in [0.717, 1.165) is 18.4 Å². The van der Waals surface area contributed by atoms with Crippen LogP contribution < -0.4 is 5.73 Å². The first-order chi connectivity index (χ1) is 9.63. The Morgan fingerprint density at radius 2 is 2.10 bits per heavy atom. The van der Waals surface area contributed by atoms with Gasteiger partial charge in [-0.3, -0.25) is 0 Å². The van der Waals surface area contributed by atoms with E-state index in [1.807, 2.05) is 6.07 Å². The van der Waals surface area contributed by atoms with Gasteiger partial charge in [0.15, 0.2) is 0 Å². The van der Waals surface area contributed by atoms with Crippen LogP contribution in [0.4, 0.5) is 0 Å². The molecule has 1 rings (SSSR count). The van der Waals surface area contributed by atoms with Gasteiger partial charge in [-0.25, -0.2) is 4.79 Å². The Kier molecular flexibility index (Phi) is 7.84. The van der Waals surface area contributed by atoms with Crippen LogP contribution >= 0.6 is 12.2 Å². The Bertz CT molecular complexity index is 448. The average molecular weight is 295 g/mol. The summed E-state index contributed by atoms with van der Waals surface area (Å²) in [7, 11) is 0. The summed E-state index contributed by atoms with van der Waals surface area (Å²) in [5, 5.41) is 0. The van der Waals surface area contributed by atoms with Crippen molar-refractivity contribution in [3.63, 3.8) is 0 Å². The highest BCUT2D eigenvalue weighted by atomic mass is 32.1. The number of hydrogen-bond acceptors (Lipinski definition) is 4. The predicted octanol–water partition coefficient (Wildman–Crippen LogP) is 2.49. The fourth-order valence-electron chi connectivity index (χ4n) is 1.63. The Morgan fingerprint density at radius 1 is 1.30 bits per heavy atom. The van der Waals surface area contributed by atoms with E-state index in [1.54, 1.807) is 18.2 Å². The Hall–Kier alpha value is -1.46. The number of esters is 1. The standard InChI is InChI=1S/C15H21NO3S/c1-2-3-7-18-8-9-19-15(17)13-6-4-5-12(10-13)11-14(16)20/h4-6,10H,2-3,7-9,11H2,1H3,(H2,16,20). The maximum atomic E-state index is 11.8. The number of ether oxygens (including phenoxy) is 2. The summed E-state index contributed by atoms with van der Waals surface area (Å²) < 4.78 is 10.5. The van der Waals surface area contributed by atoms with Crippen molar-refractivity contribution in [2.75, 3.05) is 19.8 Å². The molecule has 2 N–H and O–H groups in total. The molecule has 0 aromatic heterocycles. The van der Waals surface area contributed by atoms with Gasteiger partial charge in [-0.2, -0.15) is 0 Å². The summed E-state index contributed by atoms with van der Waals surface area (Å²) in [4.78, 5) is 12.2. The van der Waals surface area contributed by atoms with Gasteiger partial charge in [0.25, 0.3) is 0 Å². The number of unbranched alkanes of at least 4 members (excludes halogenated alkanes) is 1. The van der Waals surface area contributed by atoms with E-state index in [0.29, 0.717) is 30.2 Å². The summed E-state index contributed by atoms with van der Waals surface area (Å²) in [6.07, 6.45) is 2.60. The molecule has 0 spiro atoms. The van der Waals surface area contributed by atoms with Crippen LogP contribution in [0.1, 0.15) is 35.7 Å². The predicted molar refractivity (Wildman–Crippen MR) is 82.9 cm³/mol. The van der Waals surface area contributed by atoms with Crippen LogP contribution in [0.15, 0.2) is 24.3 Å². The molecule has 0 atom stereocenters. The normalized spacial score (nSPS) is 10.2. The van der Waals surface area contributed by atoms with E-state index in [2.05, 4.69) is 6.92 Å². The first kappa shape index (κ1) is 16.6. The first-order valence-electron chi connectivity index (χ1n) is 6.75. The van der Waals surface area contributed by atoms with Crippen LogP contribution in [0.2, 0.25) is 0 Å². The van der Waals surface area contributed by atoms with E-state index in [9.17, 15) is 4.79 Å². The van der Waals surface area contributed by atoms with Gasteiger partial charge in [0.1, 0.15) is 6.61 Å². The Balaban J connectivity index is 2.37. The maximum absolute atomic E-state index is 11.8. The zero-order chi connectivity index (χ0) is 14.8. The van der Waals surface area contributed by atoms with E-state index < -0.39 is 0 Å². The zero-order valence-corrected chi connectivity index (χ0v) is 12.6. The number of hydrogen-bond donors (Lipinski definition) is 1. The molecule has 0 aliphatic rings. The lowest BCUT2D eigenvalue weighted by atomic mass is 10.1. The quantitative estimate of drug-likeness (QED) is 0.431. The van der Waals surface area contributed by atoms with E-state index in [-0.39, 0.29) is 12.6 Å². The number of benzene rings is 1. The Labute approximate surface area is 125 Å². The van der Waals surface area contributed by atoms with Gasteiger partial charge in [-0.1, -0.05) is 37.7 Å². The number of carbonyl (C=O) groups excluding carboxylic acids is 1. The maximum Gasteiger partial charge on any atom is 0.338 e. The van der Waals surface area contributed by atoms with Crippen molar-refractivity contribution in [3.05, 3.63) is 35.4 Å². The molecule has 0 radical (unpaired) electrons. The molecule has 5 heteroatoms. The van der Waals surface area contributed by atoms with Gasteiger partial charge in [0, 0.05) is 13.0 Å². The lowest BCUT2D eigenvalue weighted by molar-refractivity contribution is 0.0313. The van der Waals surface area contributed by atoms with Gasteiger partial charge in [-0.15, -0.1) is 0 Å². The van der Waals surface area contributed by atoms with Gasteiger partial charge in [0.2, 0.25) is 0 Å². The van der Waals surface area contributed by atoms with Crippen molar-refractivity contribution >= 4 is 23.2 Å². The molecular formula is C15H21NO3S. The number of rotatable bonds is 9. The van der Waals surface area contributed by atoms with Gasteiger partial charge in [-0.05, 0) is 24.1 Å². The molecule has 0 aliphatic carbocycles. The lowest BCUT2D eigenvalue weighted by Crippen LogP contribution is -2.13. The minimum absolute atomic E-state index is 0.266. The van der Waals surface area contributed by atoms with Gasteiger partial charge in [0.05, 0.1) is 17.2 Å². The van der Waals surface area contributed by atoms with E-state index >= 15 is 0 Å². The number of carbonyl (C=O) groups is 1. The van der Waals surface area contributed by atoms with Crippen LogP contribution in [0.3, 0.4) is 0 Å². The highest BCUT2D eigenvalue weighted by Gasteiger charge is 2.08. The fraction of sp³-hybridized carbons (Fsp3) is 0.467. The minimum atomic E-state index is -0.353. The monoisotopic (exact) mass is 295 g/mol. The third kappa shape index (κ3) is 6.63. The molecule has 0 saturated heterocycles. The van der Waals surface area contributed by atoms with Crippen LogP contribution in [-0.2, 0) is 15.9 Å². The molecular weight excluding hydrogens is 274 g/mol. The van der Waals surface area contributed by atoms with Gasteiger partial charge < -0.3 is 15.2 Å². The molecule has 0 unspecified atom stereocenters. The van der Waals surface area contributed by atoms with E-state index in [1.165, 1.54) is 0 Å². The van der Waals surface area contributed by atoms with Crippen molar-refractivity contribution in [2.24, 2.45) is 5.73 Å². The molecule has 0 aliphatic heterocycles. The SMILES string of the molecule is CCCCOCCOC(=O)c1cccc(CC(N)=S)c1. The summed E-state index contributed by atoms with van der Waals surface area (Å²) >= 11 is 4.85. The Morgan fingerprint density at radius 3 is 2.80 bits per heavy atom. The smallest absolute Gasteiger partial charge is 0.338 e. The lowest BCUT2D eigenvalue weighted by Gasteiger charge is -2.07. The average Bonchev–Trinajstić information content (AvgIpc) is 2.42. The van der Waals surface area contributed by atoms with E-state index in [4.69, 9.17) is 27.4 Å². The molecule has 20 heavy (non-hydrogen) atoms. The van der Waals surface area contributed by atoms with Gasteiger partial charge >= 0.3 is 5.97 Å². The van der Waals surface area contributed by atoms with Crippen LogP contribution in [0.25, 0.3) is 0 Å². The van der Waals surface area contributed by atoms with Crippen molar-refractivity contribution in [1.29, 1.82) is 0 Å². The molecule has 1 aromatic rings. The number of nitrogens with two attached hydrogens (primary N) is 1. The third-order valence-electron chi connectivity index (χ3n) is 2.64. The molecule has 0 bridgehead atoms. The topological polar surface area (TPSA) is 61.5 Å². The highest BCUT2D eigenvalue weighted by Crippen LogP contribution is 2.08. The van der Waals surface area contributed by atoms with Crippen LogP contribution in [-0.4, -0.2) is 30.8 Å². The summed E-state index contributed by atoms with van der Waals surface area (Å²) in [5.41, 5.74) is 6.90. The first-order valence-corrected chi connectivity index (χ1v) is 7.16. The van der Waals surface area contributed by atoms with Crippen molar-refractivity contribution < 1.29 is 14.3 Å². The molecule has 0 heterocycles. The molecule has 4 nitrogen and oxygen atoms in total. The largest absolute Gasteiger partial charge is 0.460 e. The van der Waals surface area contributed by atoms with Crippen LogP contribution in [0, 0.1) is 0 Å². The summed E-state index contributed by atoms with van der Waals surface area (Å²) in [6, 6.07) is 7.13. The second-order valence-corrected chi connectivity index (χ2v) is 4.97.